The molecule has 1 aliphatic carbocycles. The van der Waals surface area contributed by atoms with E-state index in [0.717, 1.165) is 23.1 Å². The minimum Gasteiger partial charge on any atom is -0.478 e. The molecule has 0 aliphatic heterocycles. The number of allylic oxidation sites excluding steroid dienone is 4. The van der Waals surface area contributed by atoms with Crippen LogP contribution in [0.2, 0.25) is 0 Å². The molecule has 0 atom stereocenters. The number of benzene rings is 1. The van der Waals surface area contributed by atoms with E-state index in [9.17, 15) is 4.79 Å². The number of carbonyl (C=O) groups is 1. The Kier molecular flexibility index (Phi) is 3.81. The number of carboxylic acids is 1. The van der Waals surface area contributed by atoms with Gasteiger partial charge in [-0.1, -0.05) is 49.1 Å². The molecule has 0 fully saturated rings. The molecule has 0 amide bonds. The summed E-state index contributed by atoms with van der Waals surface area (Å²) < 4.78 is 0. The molecular weight excluding hydrogens is 236 g/mol. The van der Waals surface area contributed by atoms with E-state index in [2.05, 4.69) is 24.8 Å². The Labute approximate surface area is 113 Å². The van der Waals surface area contributed by atoms with Crippen LogP contribution < -0.4 is 0 Å². The number of hydrogen-bond donors (Lipinski definition) is 1. The Bertz CT molecular complexity index is 616. The third-order valence-electron chi connectivity index (χ3n) is 3.17. The SMILES string of the molecule is C=C(/C=C\c1c(C)cccc1C1=CC=CC1)C(=O)O. The zero-order valence-corrected chi connectivity index (χ0v) is 10.9. The zero-order valence-electron chi connectivity index (χ0n) is 10.9. The third-order valence-corrected chi connectivity index (χ3v) is 3.17. The first-order valence-corrected chi connectivity index (χ1v) is 6.15. The largest absolute Gasteiger partial charge is 0.478 e. The summed E-state index contributed by atoms with van der Waals surface area (Å²) in [4.78, 5) is 10.8. The van der Waals surface area contributed by atoms with Gasteiger partial charge >= 0.3 is 5.97 Å². The Hall–Kier alpha value is -2.35. The number of hydrogen-bond acceptors (Lipinski definition) is 1. The first-order valence-electron chi connectivity index (χ1n) is 6.15. The first-order chi connectivity index (χ1) is 9.09. The summed E-state index contributed by atoms with van der Waals surface area (Å²) in [6, 6.07) is 6.11. The second-order valence-corrected chi connectivity index (χ2v) is 4.52. The molecule has 0 radical (unpaired) electrons. The van der Waals surface area contributed by atoms with Crippen LogP contribution in [-0.2, 0) is 4.79 Å². The van der Waals surface area contributed by atoms with Crippen LogP contribution in [0.5, 0.6) is 0 Å². The molecule has 0 heterocycles. The normalized spacial score (nSPS) is 13.8. The number of aryl methyl sites for hydroxylation is 1. The molecule has 19 heavy (non-hydrogen) atoms. The van der Waals surface area contributed by atoms with Crippen molar-refractivity contribution < 1.29 is 9.90 Å². The van der Waals surface area contributed by atoms with Crippen LogP contribution in [0, 0.1) is 6.92 Å². The molecule has 1 aromatic carbocycles. The van der Waals surface area contributed by atoms with Crippen molar-refractivity contribution in [2.75, 3.05) is 0 Å². The van der Waals surface area contributed by atoms with Crippen molar-refractivity contribution in [3.05, 3.63) is 71.3 Å². The molecule has 2 rings (SSSR count). The van der Waals surface area contributed by atoms with Crippen LogP contribution in [0.25, 0.3) is 11.6 Å². The first kappa shape index (κ1) is 13.1. The fraction of sp³-hybridized carbons (Fsp3) is 0.118. The highest BCUT2D eigenvalue weighted by Gasteiger charge is 2.09. The minimum absolute atomic E-state index is 0.0905. The van der Waals surface area contributed by atoms with Gasteiger partial charge < -0.3 is 5.11 Å². The van der Waals surface area contributed by atoms with Crippen LogP contribution in [0.4, 0.5) is 0 Å². The minimum atomic E-state index is -0.992. The average Bonchev–Trinajstić information content (AvgIpc) is 2.90. The summed E-state index contributed by atoms with van der Waals surface area (Å²) in [6.07, 6.45) is 10.6. The fourth-order valence-electron chi connectivity index (χ4n) is 2.08. The second kappa shape index (κ2) is 5.53. The summed E-state index contributed by atoms with van der Waals surface area (Å²) in [5.74, 6) is -0.992. The van der Waals surface area contributed by atoms with Crippen LogP contribution in [0.3, 0.4) is 0 Å². The lowest BCUT2D eigenvalue weighted by Crippen LogP contribution is -1.96. The van der Waals surface area contributed by atoms with Gasteiger partial charge in [0.15, 0.2) is 0 Å². The molecule has 2 nitrogen and oxygen atoms in total. The molecule has 0 aromatic heterocycles. The molecular formula is C17H16O2. The Morgan fingerprint density at radius 1 is 1.42 bits per heavy atom. The topological polar surface area (TPSA) is 37.3 Å². The van der Waals surface area contributed by atoms with Gasteiger partial charge in [0.1, 0.15) is 0 Å². The lowest BCUT2D eigenvalue weighted by molar-refractivity contribution is -0.132. The Balaban J connectivity index is 2.39. The summed E-state index contributed by atoms with van der Waals surface area (Å²) in [5.41, 5.74) is 4.68. The molecule has 0 unspecified atom stereocenters. The van der Waals surface area contributed by atoms with Crippen molar-refractivity contribution in [1.82, 2.24) is 0 Å². The lowest BCUT2D eigenvalue weighted by Gasteiger charge is -2.10. The maximum Gasteiger partial charge on any atom is 0.335 e. The van der Waals surface area contributed by atoms with Gasteiger partial charge in [-0.3, -0.25) is 0 Å². The number of aliphatic carboxylic acids is 1. The van der Waals surface area contributed by atoms with Crippen LogP contribution in [0.15, 0.2) is 54.7 Å². The lowest BCUT2D eigenvalue weighted by atomic mass is 9.94. The number of carboxylic acid groups (broad SMARTS) is 1. The fourth-order valence-corrected chi connectivity index (χ4v) is 2.08. The van der Waals surface area contributed by atoms with Crippen LogP contribution >= 0.6 is 0 Å². The van der Waals surface area contributed by atoms with Gasteiger partial charge in [0.05, 0.1) is 5.57 Å². The average molecular weight is 252 g/mol. The predicted molar refractivity (Wildman–Crippen MR) is 78.7 cm³/mol. The molecule has 1 aliphatic rings. The van der Waals surface area contributed by atoms with Gasteiger partial charge in [0.2, 0.25) is 0 Å². The molecule has 0 saturated heterocycles. The van der Waals surface area contributed by atoms with E-state index in [4.69, 9.17) is 5.11 Å². The maximum absolute atomic E-state index is 10.8. The van der Waals surface area contributed by atoms with Gasteiger partial charge in [0, 0.05) is 0 Å². The molecule has 2 heteroatoms. The van der Waals surface area contributed by atoms with Crippen molar-refractivity contribution in [1.29, 1.82) is 0 Å². The van der Waals surface area contributed by atoms with Crippen molar-refractivity contribution >= 4 is 17.6 Å². The van der Waals surface area contributed by atoms with Gasteiger partial charge in [-0.05, 0) is 41.7 Å². The quantitative estimate of drug-likeness (QED) is 0.649. The van der Waals surface area contributed by atoms with E-state index in [-0.39, 0.29) is 5.57 Å². The molecule has 1 aromatic rings. The second-order valence-electron chi connectivity index (χ2n) is 4.52. The standard InChI is InChI=1S/C17H16O2/c1-12-6-5-9-16(14-7-3-4-8-14)15(12)11-10-13(2)17(18)19/h3-7,9-11H,2,8H2,1H3,(H,18,19)/b11-10-. The highest BCUT2D eigenvalue weighted by molar-refractivity contribution is 5.91. The van der Waals surface area contributed by atoms with E-state index >= 15 is 0 Å². The Morgan fingerprint density at radius 2 is 2.21 bits per heavy atom. The molecule has 1 N–H and O–H groups in total. The monoisotopic (exact) mass is 252 g/mol. The molecule has 0 bridgehead atoms. The van der Waals surface area contributed by atoms with Gasteiger partial charge in [-0.15, -0.1) is 0 Å². The van der Waals surface area contributed by atoms with Crippen molar-refractivity contribution in [2.24, 2.45) is 0 Å². The van der Waals surface area contributed by atoms with Gasteiger partial charge in [-0.2, -0.15) is 0 Å². The van der Waals surface area contributed by atoms with Crippen molar-refractivity contribution in [2.45, 2.75) is 13.3 Å². The van der Waals surface area contributed by atoms with Crippen molar-refractivity contribution in [3.63, 3.8) is 0 Å². The smallest absolute Gasteiger partial charge is 0.335 e. The van der Waals surface area contributed by atoms with E-state index < -0.39 is 5.97 Å². The maximum atomic E-state index is 10.8. The van der Waals surface area contributed by atoms with E-state index in [0.29, 0.717) is 0 Å². The molecule has 0 spiro atoms. The third kappa shape index (κ3) is 2.91. The Morgan fingerprint density at radius 3 is 2.84 bits per heavy atom. The van der Waals surface area contributed by atoms with E-state index in [1.54, 1.807) is 6.08 Å². The van der Waals surface area contributed by atoms with Crippen LogP contribution in [0.1, 0.15) is 23.1 Å². The highest BCUT2D eigenvalue weighted by Crippen LogP contribution is 2.29. The van der Waals surface area contributed by atoms with E-state index in [1.807, 2.05) is 31.2 Å². The van der Waals surface area contributed by atoms with E-state index in [1.165, 1.54) is 5.57 Å². The van der Waals surface area contributed by atoms with Gasteiger partial charge in [-0.25, -0.2) is 4.79 Å². The predicted octanol–water partition coefficient (Wildman–Crippen LogP) is 3.99. The number of rotatable bonds is 4. The van der Waals surface area contributed by atoms with Crippen molar-refractivity contribution in [3.8, 4) is 0 Å². The summed E-state index contributed by atoms with van der Waals surface area (Å²) in [5, 5.41) is 8.84. The van der Waals surface area contributed by atoms with Gasteiger partial charge in [0.25, 0.3) is 0 Å². The molecule has 96 valence electrons. The van der Waals surface area contributed by atoms with Crippen LogP contribution in [-0.4, -0.2) is 11.1 Å². The molecule has 0 saturated carbocycles. The highest BCUT2D eigenvalue weighted by atomic mass is 16.4. The summed E-state index contributed by atoms with van der Waals surface area (Å²) in [6.45, 7) is 5.54. The summed E-state index contributed by atoms with van der Waals surface area (Å²) >= 11 is 0. The summed E-state index contributed by atoms with van der Waals surface area (Å²) in [7, 11) is 0. The zero-order chi connectivity index (χ0) is 13.8.